The Morgan fingerprint density at radius 1 is 1.31 bits per heavy atom. The minimum absolute atomic E-state index is 0.329. The van der Waals surface area contributed by atoms with Crippen LogP contribution < -0.4 is 5.32 Å². The second kappa shape index (κ2) is 5.90. The van der Waals surface area contributed by atoms with Crippen LogP contribution in [-0.4, -0.2) is 55.4 Å². The van der Waals surface area contributed by atoms with Crippen LogP contribution >= 0.6 is 0 Å². The molecule has 0 saturated carbocycles. The molecule has 0 unspecified atom stereocenters. The first-order valence-corrected chi connectivity index (χ1v) is 5.15. The van der Waals surface area contributed by atoms with Gasteiger partial charge in [0.1, 0.15) is 12.2 Å². The average molecular weight is 230 g/mol. The molecule has 0 aliphatic rings. The predicted octanol–water partition coefficient (Wildman–Crippen LogP) is -1.90. The monoisotopic (exact) mass is 230 g/mol. The van der Waals surface area contributed by atoms with Gasteiger partial charge in [-0.3, -0.25) is 5.32 Å². The summed E-state index contributed by atoms with van der Waals surface area (Å²) in [6.07, 6.45) is 1.44. The molecule has 0 amide bonds. The van der Waals surface area contributed by atoms with Crippen molar-refractivity contribution in [2.24, 2.45) is 0 Å². The maximum Gasteiger partial charge on any atom is 0.140 e. The van der Waals surface area contributed by atoms with Crippen LogP contribution in [0.1, 0.15) is 12.7 Å². The molecule has 1 rings (SSSR count). The first-order chi connectivity index (χ1) is 7.71. The maximum absolute atomic E-state index is 9.11. The van der Waals surface area contributed by atoms with Gasteiger partial charge in [-0.15, -0.1) is 0 Å². The molecule has 0 radical (unpaired) electrons. The lowest BCUT2D eigenvalue weighted by atomic mass is 10.0. The van der Waals surface area contributed by atoms with Crippen molar-refractivity contribution < 1.29 is 15.3 Å². The van der Waals surface area contributed by atoms with Gasteiger partial charge in [0.2, 0.25) is 0 Å². The zero-order chi connectivity index (χ0) is 12.0. The number of hydrogen-bond acceptors (Lipinski definition) is 6. The van der Waals surface area contributed by atoms with Gasteiger partial charge in [-0.1, -0.05) is 0 Å². The Kier molecular flexibility index (Phi) is 4.81. The molecule has 4 N–H and O–H groups in total. The van der Waals surface area contributed by atoms with Crippen molar-refractivity contribution in [1.29, 1.82) is 0 Å². The first kappa shape index (κ1) is 13.0. The molecule has 92 valence electrons. The highest BCUT2D eigenvalue weighted by Crippen LogP contribution is 2.03. The van der Waals surface area contributed by atoms with Gasteiger partial charge < -0.3 is 15.3 Å². The van der Waals surface area contributed by atoms with Crippen LogP contribution in [0, 0.1) is 0 Å². The number of aliphatic hydroxyl groups is 3. The van der Waals surface area contributed by atoms with Crippen molar-refractivity contribution in [3.8, 4) is 0 Å². The summed E-state index contributed by atoms with van der Waals surface area (Å²) in [5.41, 5.74) is -1.08. The molecule has 7 heteroatoms. The van der Waals surface area contributed by atoms with Crippen LogP contribution in [0.3, 0.4) is 0 Å². The Hall–Kier alpha value is -1.02. The lowest BCUT2D eigenvalue weighted by molar-refractivity contribution is 0.0406. The summed E-state index contributed by atoms with van der Waals surface area (Å²) >= 11 is 0. The Morgan fingerprint density at radius 2 is 1.94 bits per heavy atom. The number of hydrogen-bond donors (Lipinski definition) is 4. The molecular formula is C9H18N4O3. The lowest BCUT2D eigenvalue weighted by Crippen LogP contribution is -2.54. The van der Waals surface area contributed by atoms with Gasteiger partial charge in [0.15, 0.2) is 0 Å². The largest absolute Gasteiger partial charge is 0.394 e. The second-order valence-electron chi connectivity index (χ2n) is 3.60. The molecular weight excluding hydrogens is 212 g/mol. The third-order valence-electron chi connectivity index (χ3n) is 2.52. The molecule has 1 aromatic rings. The molecule has 1 heterocycles. The van der Waals surface area contributed by atoms with E-state index in [9.17, 15) is 0 Å². The van der Waals surface area contributed by atoms with Gasteiger partial charge in [0, 0.05) is 6.54 Å². The van der Waals surface area contributed by atoms with Crippen molar-refractivity contribution in [1.82, 2.24) is 20.1 Å². The average Bonchev–Trinajstić information content (AvgIpc) is 2.79. The molecule has 7 nitrogen and oxygen atoms in total. The smallest absolute Gasteiger partial charge is 0.140 e. The number of rotatable bonds is 7. The maximum atomic E-state index is 9.11. The standard InChI is InChI=1S/C9H18N4O3/c1-2-13-8(10-7-12-13)3-11-9(4-14,5-15)6-16/h7,11,14-16H,2-6H2,1H3. The molecule has 0 saturated heterocycles. The third kappa shape index (κ3) is 2.76. The topological polar surface area (TPSA) is 103 Å². The fourth-order valence-corrected chi connectivity index (χ4v) is 1.27. The molecule has 0 aromatic carbocycles. The van der Waals surface area contributed by atoms with Crippen molar-refractivity contribution in [3.63, 3.8) is 0 Å². The van der Waals surface area contributed by atoms with E-state index in [0.717, 1.165) is 0 Å². The van der Waals surface area contributed by atoms with E-state index in [1.54, 1.807) is 4.68 Å². The van der Waals surface area contributed by atoms with Gasteiger partial charge >= 0.3 is 0 Å². The van der Waals surface area contributed by atoms with E-state index in [1.165, 1.54) is 6.33 Å². The molecule has 0 fully saturated rings. The number of aliphatic hydroxyl groups excluding tert-OH is 3. The van der Waals surface area contributed by atoms with Crippen molar-refractivity contribution >= 4 is 0 Å². The van der Waals surface area contributed by atoms with Gasteiger partial charge in [0.05, 0.1) is 31.9 Å². The van der Waals surface area contributed by atoms with E-state index in [0.29, 0.717) is 18.9 Å². The van der Waals surface area contributed by atoms with Crippen molar-refractivity contribution in [3.05, 3.63) is 12.2 Å². The van der Waals surface area contributed by atoms with E-state index in [1.807, 2.05) is 6.92 Å². The second-order valence-corrected chi connectivity index (χ2v) is 3.60. The van der Waals surface area contributed by atoms with E-state index >= 15 is 0 Å². The molecule has 1 aromatic heterocycles. The Balaban J connectivity index is 2.62. The van der Waals surface area contributed by atoms with E-state index < -0.39 is 5.54 Å². The number of nitrogens with zero attached hydrogens (tertiary/aromatic N) is 3. The quantitative estimate of drug-likeness (QED) is 0.436. The summed E-state index contributed by atoms with van der Waals surface area (Å²) in [6, 6.07) is 0. The summed E-state index contributed by atoms with van der Waals surface area (Å²) in [5, 5.41) is 34.2. The van der Waals surface area contributed by atoms with E-state index in [2.05, 4.69) is 15.4 Å². The van der Waals surface area contributed by atoms with Crippen LogP contribution in [0.4, 0.5) is 0 Å². The predicted molar refractivity (Wildman–Crippen MR) is 56.5 cm³/mol. The molecule has 0 aliphatic heterocycles. The molecule has 0 atom stereocenters. The normalized spacial score (nSPS) is 12.0. The molecule has 0 bridgehead atoms. The summed E-state index contributed by atoms with van der Waals surface area (Å²) in [4.78, 5) is 4.04. The SMILES string of the molecule is CCn1ncnc1CNC(CO)(CO)CO. The van der Waals surface area contributed by atoms with Gasteiger partial charge in [-0.25, -0.2) is 9.67 Å². The number of nitrogens with one attached hydrogen (secondary N) is 1. The Morgan fingerprint density at radius 3 is 2.44 bits per heavy atom. The van der Waals surface area contributed by atoms with Crippen LogP contribution in [0.5, 0.6) is 0 Å². The number of aryl methyl sites for hydroxylation is 1. The van der Waals surface area contributed by atoms with Gasteiger partial charge in [0.25, 0.3) is 0 Å². The molecule has 0 spiro atoms. The summed E-state index contributed by atoms with van der Waals surface area (Å²) < 4.78 is 1.70. The highest BCUT2D eigenvalue weighted by molar-refractivity contribution is 4.91. The van der Waals surface area contributed by atoms with Gasteiger partial charge in [-0.05, 0) is 6.92 Å². The molecule has 16 heavy (non-hydrogen) atoms. The summed E-state index contributed by atoms with van der Waals surface area (Å²) in [6.45, 7) is 1.92. The third-order valence-corrected chi connectivity index (χ3v) is 2.52. The van der Waals surface area contributed by atoms with Crippen molar-refractivity contribution in [2.45, 2.75) is 25.6 Å². The molecule has 0 aliphatic carbocycles. The zero-order valence-electron chi connectivity index (χ0n) is 9.30. The summed E-state index contributed by atoms with van der Waals surface area (Å²) in [7, 11) is 0. The van der Waals surface area contributed by atoms with Crippen LogP contribution in [-0.2, 0) is 13.1 Å². The minimum atomic E-state index is -1.08. The highest BCUT2D eigenvalue weighted by Gasteiger charge is 2.27. The van der Waals surface area contributed by atoms with Gasteiger partial charge in [-0.2, -0.15) is 5.10 Å². The first-order valence-electron chi connectivity index (χ1n) is 5.15. The number of aromatic nitrogens is 3. The van der Waals surface area contributed by atoms with Crippen LogP contribution in [0.15, 0.2) is 6.33 Å². The highest BCUT2D eigenvalue weighted by atomic mass is 16.3. The fraction of sp³-hybridized carbons (Fsp3) is 0.778. The Labute approximate surface area is 93.7 Å². The van der Waals surface area contributed by atoms with E-state index in [4.69, 9.17) is 15.3 Å². The van der Waals surface area contributed by atoms with E-state index in [-0.39, 0.29) is 19.8 Å². The minimum Gasteiger partial charge on any atom is -0.394 e. The zero-order valence-corrected chi connectivity index (χ0v) is 9.30. The lowest BCUT2D eigenvalue weighted by Gasteiger charge is -2.28. The van der Waals surface area contributed by atoms with Crippen LogP contribution in [0.25, 0.3) is 0 Å². The van der Waals surface area contributed by atoms with Crippen LogP contribution in [0.2, 0.25) is 0 Å². The fourth-order valence-electron chi connectivity index (χ4n) is 1.27. The summed E-state index contributed by atoms with van der Waals surface area (Å²) in [5.74, 6) is 0.697. The van der Waals surface area contributed by atoms with Crippen molar-refractivity contribution in [2.75, 3.05) is 19.8 Å². The Bertz CT molecular complexity index is 303.